The zero-order valence-corrected chi connectivity index (χ0v) is 11.5. The van der Waals surface area contributed by atoms with E-state index in [2.05, 4.69) is 13.0 Å². The Kier molecular flexibility index (Phi) is 3.97. The highest BCUT2D eigenvalue weighted by atomic mass is 32.1. The Bertz CT molecular complexity index is 511. The third-order valence-electron chi connectivity index (χ3n) is 2.50. The molecule has 90 valence electrons. The zero-order chi connectivity index (χ0) is 12.3. The molecule has 0 amide bonds. The van der Waals surface area contributed by atoms with E-state index in [1.54, 1.807) is 18.4 Å². The fraction of sp³-hybridized carbons (Fsp3) is 0.308. The highest BCUT2D eigenvalue weighted by Gasteiger charge is 2.15. The van der Waals surface area contributed by atoms with Crippen LogP contribution in [-0.2, 0) is 12.8 Å². The Balaban J connectivity index is 2.11. The molecule has 0 spiro atoms. The molecule has 2 rings (SSSR count). The van der Waals surface area contributed by atoms with Crippen LogP contribution in [0.5, 0.6) is 5.75 Å². The summed E-state index contributed by atoms with van der Waals surface area (Å²) in [4.78, 5) is 15.3. The van der Waals surface area contributed by atoms with Gasteiger partial charge in [-0.1, -0.05) is 6.92 Å². The lowest BCUT2D eigenvalue weighted by Crippen LogP contribution is -2.01. The van der Waals surface area contributed by atoms with E-state index in [9.17, 15) is 4.79 Å². The van der Waals surface area contributed by atoms with Crippen molar-refractivity contribution in [2.75, 3.05) is 7.11 Å². The number of Topliss-reactive ketones (excluding diaryl/α,β-unsaturated/α-hetero) is 1. The lowest BCUT2D eigenvalue weighted by Gasteiger charge is -2.00. The topological polar surface area (TPSA) is 26.3 Å². The van der Waals surface area contributed by atoms with Gasteiger partial charge in [0, 0.05) is 16.2 Å². The number of hydrogen-bond acceptors (Lipinski definition) is 4. The number of hydrogen-bond donors (Lipinski definition) is 0. The quantitative estimate of drug-likeness (QED) is 0.769. The van der Waals surface area contributed by atoms with Crippen LogP contribution in [0.1, 0.15) is 26.3 Å². The monoisotopic (exact) mass is 266 g/mol. The van der Waals surface area contributed by atoms with Gasteiger partial charge in [-0.25, -0.2) is 0 Å². The van der Waals surface area contributed by atoms with Crippen LogP contribution in [0.3, 0.4) is 0 Å². The van der Waals surface area contributed by atoms with Gasteiger partial charge < -0.3 is 4.74 Å². The molecule has 0 aliphatic carbocycles. The van der Waals surface area contributed by atoms with Gasteiger partial charge >= 0.3 is 0 Å². The molecule has 4 heteroatoms. The summed E-state index contributed by atoms with van der Waals surface area (Å²) in [5, 5.41) is 1.89. The van der Waals surface area contributed by atoms with E-state index in [1.165, 1.54) is 16.2 Å². The fourth-order valence-corrected chi connectivity index (χ4v) is 3.36. The van der Waals surface area contributed by atoms with Crippen molar-refractivity contribution in [3.8, 4) is 5.75 Å². The van der Waals surface area contributed by atoms with E-state index >= 15 is 0 Å². The first-order valence-corrected chi connectivity index (χ1v) is 7.16. The number of methoxy groups -OCH3 is 1. The van der Waals surface area contributed by atoms with Crippen molar-refractivity contribution in [3.63, 3.8) is 0 Å². The van der Waals surface area contributed by atoms with Crippen molar-refractivity contribution in [1.29, 1.82) is 0 Å². The first kappa shape index (κ1) is 12.3. The zero-order valence-electron chi connectivity index (χ0n) is 9.86. The van der Waals surface area contributed by atoms with E-state index in [0.29, 0.717) is 12.2 Å². The Hall–Kier alpha value is -1.13. The maximum atomic E-state index is 12.1. The van der Waals surface area contributed by atoms with Gasteiger partial charge in [-0.2, -0.15) is 0 Å². The molecule has 0 saturated heterocycles. The Labute approximate surface area is 109 Å². The third kappa shape index (κ3) is 2.76. The summed E-state index contributed by atoms with van der Waals surface area (Å²) < 4.78 is 5.16. The molecule has 0 saturated carbocycles. The van der Waals surface area contributed by atoms with Crippen LogP contribution >= 0.6 is 22.7 Å². The molecule has 0 bridgehead atoms. The van der Waals surface area contributed by atoms with Crippen molar-refractivity contribution in [2.24, 2.45) is 0 Å². The van der Waals surface area contributed by atoms with Gasteiger partial charge in [0.1, 0.15) is 10.6 Å². The van der Waals surface area contributed by atoms with Gasteiger partial charge in [-0.05, 0) is 30.0 Å². The second-order valence-electron chi connectivity index (χ2n) is 3.64. The van der Waals surface area contributed by atoms with Crippen LogP contribution in [0.15, 0.2) is 23.6 Å². The van der Waals surface area contributed by atoms with E-state index in [-0.39, 0.29) is 5.78 Å². The molecular formula is C13H14O2S2. The number of rotatable bonds is 5. The molecule has 0 fully saturated rings. The summed E-state index contributed by atoms with van der Waals surface area (Å²) in [5.74, 6) is 0.827. The van der Waals surface area contributed by atoms with Crippen molar-refractivity contribution in [3.05, 3.63) is 38.2 Å². The summed E-state index contributed by atoms with van der Waals surface area (Å²) in [6.45, 7) is 2.12. The fourth-order valence-electron chi connectivity index (χ4n) is 1.61. The minimum atomic E-state index is 0.140. The molecule has 0 atom stereocenters. The largest absolute Gasteiger partial charge is 0.495 e. The smallest absolute Gasteiger partial charge is 0.181 e. The van der Waals surface area contributed by atoms with Gasteiger partial charge in [0.25, 0.3) is 0 Å². The first-order valence-electron chi connectivity index (χ1n) is 5.47. The Morgan fingerprint density at radius 1 is 1.29 bits per heavy atom. The summed E-state index contributed by atoms with van der Waals surface area (Å²) >= 11 is 3.16. The van der Waals surface area contributed by atoms with Crippen molar-refractivity contribution >= 4 is 28.5 Å². The van der Waals surface area contributed by atoms with Crippen LogP contribution < -0.4 is 4.74 Å². The van der Waals surface area contributed by atoms with Gasteiger partial charge in [0.2, 0.25) is 0 Å². The number of ether oxygens (including phenoxy) is 1. The maximum absolute atomic E-state index is 12.1. The molecule has 0 N–H and O–H groups in total. The highest BCUT2D eigenvalue weighted by molar-refractivity contribution is 7.13. The first-order chi connectivity index (χ1) is 8.24. The molecule has 2 aromatic heterocycles. The standard InChI is InChI=1S/C13H14O2S2/c1-3-9-4-5-10(17-9)8-11(14)13-12(15-2)6-7-16-13/h4-7H,3,8H2,1-2H3. The second kappa shape index (κ2) is 5.47. The summed E-state index contributed by atoms with van der Waals surface area (Å²) in [6, 6.07) is 5.98. The average molecular weight is 266 g/mol. The summed E-state index contributed by atoms with van der Waals surface area (Å²) in [6.07, 6.45) is 1.50. The number of ketones is 1. The van der Waals surface area contributed by atoms with E-state index < -0.39 is 0 Å². The van der Waals surface area contributed by atoms with E-state index in [4.69, 9.17) is 4.74 Å². The third-order valence-corrected chi connectivity index (χ3v) is 4.67. The summed E-state index contributed by atoms with van der Waals surface area (Å²) in [5.41, 5.74) is 0. The molecule has 0 aliphatic heterocycles. The number of aryl methyl sites for hydroxylation is 1. The second-order valence-corrected chi connectivity index (χ2v) is 5.81. The van der Waals surface area contributed by atoms with Crippen molar-refractivity contribution in [1.82, 2.24) is 0 Å². The van der Waals surface area contributed by atoms with Gasteiger partial charge in [0.05, 0.1) is 7.11 Å². The van der Waals surface area contributed by atoms with Gasteiger partial charge in [0.15, 0.2) is 5.78 Å². The predicted octanol–water partition coefficient (Wildman–Crippen LogP) is 3.81. The molecule has 2 nitrogen and oxygen atoms in total. The number of thiophene rings is 2. The number of carbonyl (C=O) groups excluding carboxylic acids is 1. The number of carbonyl (C=O) groups is 1. The van der Waals surface area contributed by atoms with Crippen LogP contribution in [0.4, 0.5) is 0 Å². The Morgan fingerprint density at radius 2 is 2.06 bits per heavy atom. The van der Waals surface area contributed by atoms with Crippen LogP contribution in [0.2, 0.25) is 0 Å². The molecule has 0 radical (unpaired) electrons. The lowest BCUT2D eigenvalue weighted by atomic mass is 10.2. The maximum Gasteiger partial charge on any atom is 0.181 e. The molecule has 0 unspecified atom stereocenters. The average Bonchev–Trinajstić information content (AvgIpc) is 2.96. The molecule has 17 heavy (non-hydrogen) atoms. The molecule has 2 aromatic rings. The normalized spacial score (nSPS) is 10.5. The van der Waals surface area contributed by atoms with E-state index in [0.717, 1.165) is 16.2 Å². The minimum Gasteiger partial charge on any atom is -0.495 e. The van der Waals surface area contributed by atoms with E-state index in [1.807, 2.05) is 17.5 Å². The van der Waals surface area contributed by atoms with Crippen molar-refractivity contribution in [2.45, 2.75) is 19.8 Å². The Morgan fingerprint density at radius 3 is 2.71 bits per heavy atom. The van der Waals surface area contributed by atoms with Crippen molar-refractivity contribution < 1.29 is 9.53 Å². The lowest BCUT2D eigenvalue weighted by molar-refractivity contribution is 0.0995. The minimum absolute atomic E-state index is 0.140. The van der Waals surface area contributed by atoms with Crippen LogP contribution in [-0.4, -0.2) is 12.9 Å². The van der Waals surface area contributed by atoms with Crippen LogP contribution in [0.25, 0.3) is 0 Å². The highest BCUT2D eigenvalue weighted by Crippen LogP contribution is 2.27. The molecule has 0 aliphatic rings. The molecular weight excluding hydrogens is 252 g/mol. The van der Waals surface area contributed by atoms with Crippen LogP contribution in [0, 0.1) is 0 Å². The molecule has 2 heterocycles. The SMILES string of the molecule is CCc1ccc(CC(=O)c2sccc2OC)s1. The summed E-state index contributed by atoms with van der Waals surface area (Å²) in [7, 11) is 1.60. The van der Waals surface area contributed by atoms with Gasteiger partial charge in [-0.15, -0.1) is 22.7 Å². The molecule has 0 aromatic carbocycles. The predicted molar refractivity (Wildman–Crippen MR) is 72.6 cm³/mol. The van der Waals surface area contributed by atoms with Gasteiger partial charge in [-0.3, -0.25) is 4.79 Å².